The lowest BCUT2D eigenvalue weighted by molar-refractivity contribution is 0.399. The fourth-order valence-corrected chi connectivity index (χ4v) is 10.8. The number of hydrogen-bond donors (Lipinski definition) is 2. The average molecular weight is 611 g/mol. The van der Waals surface area contributed by atoms with E-state index in [0.717, 1.165) is 47.2 Å². The van der Waals surface area contributed by atoms with E-state index in [4.69, 9.17) is 9.98 Å². The molecule has 0 aliphatic heterocycles. The highest BCUT2D eigenvalue weighted by molar-refractivity contribution is 6.92. The first-order chi connectivity index (χ1) is 18.2. The fourth-order valence-electron chi connectivity index (χ4n) is 5.25. The molecule has 1 fully saturated rings. The largest absolute Gasteiger partial charge is 0.507 e. The lowest BCUT2D eigenvalue weighted by Crippen LogP contribution is -2.45. The number of phenolic OH excluding ortho intramolecular Hbond substituents is 2. The molecule has 2 aromatic carbocycles. The topological polar surface area (TPSA) is 65.2 Å². The Bertz CT molecular complexity index is 1170. The lowest BCUT2D eigenvalue weighted by atomic mass is 9.92. The normalized spacial score (nSPS) is 19.6. The van der Waals surface area contributed by atoms with Crippen molar-refractivity contribution >= 4 is 65.5 Å². The van der Waals surface area contributed by atoms with Crippen LogP contribution in [0.2, 0.25) is 78.6 Å². The molecule has 0 atom stereocenters. The zero-order valence-electron chi connectivity index (χ0n) is 27.2. The number of rotatable bonds is 8. The van der Waals surface area contributed by atoms with E-state index < -0.39 is 32.3 Å². The monoisotopic (exact) mass is 610 g/mol. The van der Waals surface area contributed by atoms with Gasteiger partial charge in [-0.25, -0.2) is 0 Å². The van der Waals surface area contributed by atoms with Crippen molar-refractivity contribution in [2.45, 2.75) is 116 Å². The van der Waals surface area contributed by atoms with E-state index in [0.29, 0.717) is 11.5 Å². The summed E-state index contributed by atoms with van der Waals surface area (Å²) in [6.07, 6.45) is 7.86. The van der Waals surface area contributed by atoms with Gasteiger partial charge in [0.15, 0.2) is 0 Å². The van der Waals surface area contributed by atoms with Crippen molar-refractivity contribution in [3.8, 4) is 11.5 Å². The molecule has 3 rings (SSSR count). The second kappa shape index (κ2) is 11.9. The highest BCUT2D eigenvalue weighted by Gasteiger charge is 2.28. The number of hydrogen-bond acceptors (Lipinski definition) is 4. The van der Waals surface area contributed by atoms with E-state index in [2.05, 4.69) is 103 Å². The van der Waals surface area contributed by atoms with Gasteiger partial charge >= 0.3 is 0 Å². The Hall–Kier alpha value is -1.75. The summed E-state index contributed by atoms with van der Waals surface area (Å²) in [4.78, 5) is 9.94. The molecule has 0 aromatic heterocycles. The summed E-state index contributed by atoms with van der Waals surface area (Å²) in [6.45, 7) is 28.0. The Morgan fingerprint density at radius 1 is 0.525 bits per heavy atom. The maximum atomic E-state index is 11.2. The van der Waals surface area contributed by atoms with Crippen LogP contribution in [0.5, 0.6) is 11.5 Å². The first-order valence-corrected chi connectivity index (χ1v) is 29.0. The van der Waals surface area contributed by atoms with E-state index >= 15 is 0 Å². The Morgan fingerprint density at radius 2 is 0.825 bits per heavy atom. The predicted molar refractivity (Wildman–Crippen MR) is 189 cm³/mol. The van der Waals surface area contributed by atoms with Gasteiger partial charge in [0.2, 0.25) is 0 Å². The van der Waals surface area contributed by atoms with Crippen LogP contribution in [0.15, 0.2) is 34.3 Å². The van der Waals surface area contributed by atoms with Crippen LogP contribution in [-0.4, -0.2) is 67.0 Å². The first-order valence-electron chi connectivity index (χ1n) is 15.0. The molecule has 0 amide bonds. The molecule has 8 heteroatoms. The van der Waals surface area contributed by atoms with Crippen molar-refractivity contribution in [2.75, 3.05) is 0 Å². The van der Waals surface area contributed by atoms with Crippen LogP contribution in [-0.2, 0) is 0 Å². The van der Waals surface area contributed by atoms with Gasteiger partial charge in [-0.05, 0) is 36.1 Å². The van der Waals surface area contributed by atoms with Gasteiger partial charge in [-0.3, -0.25) is 9.98 Å². The molecule has 0 saturated heterocycles. The van der Waals surface area contributed by atoms with E-state index in [9.17, 15) is 10.2 Å². The molecule has 2 aromatic rings. The van der Waals surface area contributed by atoms with E-state index in [1.807, 2.05) is 12.4 Å². The molecule has 0 heterocycles. The maximum absolute atomic E-state index is 11.2. The highest BCUT2D eigenvalue weighted by Crippen LogP contribution is 2.26. The van der Waals surface area contributed by atoms with Gasteiger partial charge < -0.3 is 10.2 Å². The smallest absolute Gasteiger partial charge is 0.123 e. The minimum absolute atomic E-state index is 0.263. The van der Waals surface area contributed by atoms with Gasteiger partial charge in [-0.15, -0.1) is 0 Å². The molecule has 1 saturated carbocycles. The Morgan fingerprint density at radius 3 is 1.07 bits per heavy atom. The predicted octanol–water partition coefficient (Wildman–Crippen LogP) is 6.13. The molecular formula is C32H54N2O2Si4. The Kier molecular flexibility index (Phi) is 9.71. The standard InChI is InChI=1S/C32H54N2O2Si4/c1-37(2,3)27-17-23(31(35)29(19-27)39(7,8)9)21-33-25-13-15-26(16-14-25)34-22-24-18-28(38(4,5)6)20-30(32(24)36)40(10,11)12/h17-22,25-26,35-36H,13-16H2,1-12H3. The van der Waals surface area contributed by atoms with Crippen LogP contribution in [0.3, 0.4) is 0 Å². The molecule has 0 spiro atoms. The molecule has 40 heavy (non-hydrogen) atoms. The summed E-state index contributed by atoms with van der Waals surface area (Å²) in [6, 6.07) is 9.44. The van der Waals surface area contributed by atoms with Crippen molar-refractivity contribution in [1.82, 2.24) is 0 Å². The fraction of sp³-hybridized carbons (Fsp3) is 0.562. The van der Waals surface area contributed by atoms with Crippen LogP contribution >= 0.6 is 0 Å². The minimum atomic E-state index is -1.69. The summed E-state index contributed by atoms with van der Waals surface area (Å²) in [5.41, 5.74) is 1.77. The second-order valence-corrected chi connectivity index (χ2v) is 36.2. The number of aliphatic imine (C=N–C) groups is 2. The van der Waals surface area contributed by atoms with Gasteiger partial charge in [0.25, 0.3) is 0 Å². The van der Waals surface area contributed by atoms with Crippen molar-refractivity contribution in [1.29, 1.82) is 0 Å². The third-order valence-corrected chi connectivity index (χ3v) is 16.2. The quantitative estimate of drug-likeness (QED) is 0.279. The lowest BCUT2D eigenvalue weighted by Gasteiger charge is -2.26. The van der Waals surface area contributed by atoms with Gasteiger partial charge in [-0.2, -0.15) is 0 Å². The summed E-state index contributed by atoms with van der Waals surface area (Å²) in [5.74, 6) is 0.863. The van der Waals surface area contributed by atoms with Crippen molar-refractivity contribution < 1.29 is 10.2 Å². The van der Waals surface area contributed by atoms with E-state index in [-0.39, 0.29) is 12.1 Å². The molecule has 0 unspecified atom stereocenters. The van der Waals surface area contributed by atoms with Crippen molar-refractivity contribution in [3.63, 3.8) is 0 Å². The van der Waals surface area contributed by atoms with Crippen LogP contribution in [0.25, 0.3) is 0 Å². The first kappa shape index (κ1) is 32.8. The molecule has 1 aliphatic carbocycles. The van der Waals surface area contributed by atoms with Gasteiger partial charge in [0, 0.05) is 23.6 Å². The molecular weight excluding hydrogens is 557 g/mol. The minimum Gasteiger partial charge on any atom is -0.507 e. The zero-order chi connectivity index (χ0) is 30.3. The second-order valence-electron chi connectivity index (χ2n) is 15.9. The van der Waals surface area contributed by atoms with E-state index in [1.54, 1.807) is 0 Å². The SMILES string of the molecule is C[Si](C)(C)c1cc(C=NC2CCC(N=Cc3cc([Si](C)(C)C)cc([Si](C)(C)C)c3O)CC2)c(O)c([Si](C)(C)C)c1. The molecule has 1 aliphatic rings. The molecule has 4 nitrogen and oxygen atoms in total. The van der Waals surface area contributed by atoms with Crippen molar-refractivity contribution in [2.24, 2.45) is 9.98 Å². The summed E-state index contributed by atoms with van der Waals surface area (Å²) >= 11 is 0. The van der Waals surface area contributed by atoms with Crippen molar-refractivity contribution in [3.05, 3.63) is 35.4 Å². The Balaban J connectivity index is 1.77. The number of phenols is 2. The summed E-state index contributed by atoms with van der Waals surface area (Å²) < 4.78 is 0. The zero-order valence-corrected chi connectivity index (χ0v) is 31.2. The van der Waals surface area contributed by atoms with Crippen LogP contribution in [0.4, 0.5) is 0 Å². The maximum Gasteiger partial charge on any atom is 0.123 e. The summed E-state index contributed by atoms with van der Waals surface area (Å²) in [5, 5.41) is 27.4. The third kappa shape index (κ3) is 8.17. The van der Waals surface area contributed by atoms with Gasteiger partial charge in [-0.1, -0.05) is 113 Å². The Labute approximate surface area is 248 Å². The van der Waals surface area contributed by atoms with Gasteiger partial charge in [0.1, 0.15) is 11.5 Å². The average Bonchev–Trinajstić information content (AvgIpc) is 2.80. The van der Waals surface area contributed by atoms with Crippen LogP contribution in [0, 0.1) is 0 Å². The van der Waals surface area contributed by atoms with Crippen LogP contribution < -0.4 is 20.7 Å². The van der Waals surface area contributed by atoms with Crippen LogP contribution in [0.1, 0.15) is 36.8 Å². The third-order valence-electron chi connectivity index (χ3n) is 8.14. The number of nitrogens with zero attached hydrogens (tertiary/aromatic N) is 2. The molecule has 220 valence electrons. The number of aromatic hydroxyl groups is 2. The van der Waals surface area contributed by atoms with E-state index in [1.165, 1.54) is 10.4 Å². The van der Waals surface area contributed by atoms with Gasteiger partial charge in [0.05, 0.1) is 44.4 Å². The molecule has 0 radical (unpaired) electrons. The summed E-state index contributed by atoms with van der Waals surface area (Å²) in [7, 11) is -6.42. The number of benzene rings is 2. The molecule has 2 N–H and O–H groups in total. The highest BCUT2D eigenvalue weighted by atomic mass is 28.3. The molecule has 0 bridgehead atoms.